The Labute approximate surface area is 133 Å². The second-order valence-corrected chi connectivity index (χ2v) is 6.23. The van der Waals surface area contributed by atoms with E-state index in [9.17, 15) is 9.59 Å². The molecular formula is C12H22IrNO4S-. The number of hydrogen-bond acceptors (Lipinski definition) is 5. The van der Waals surface area contributed by atoms with Gasteiger partial charge in [0.25, 0.3) is 0 Å². The molecule has 1 amide bonds. The van der Waals surface area contributed by atoms with Crippen LogP contribution < -0.4 is 5.32 Å². The van der Waals surface area contributed by atoms with E-state index in [4.69, 9.17) is 22.1 Å². The van der Waals surface area contributed by atoms with Crippen molar-refractivity contribution >= 4 is 24.7 Å². The van der Waals surface area contributed by atoms with Gasteiger partial charge in [-0.15, -0.1) is 5.75 Å². The van der Waals surface area contributed by atoms with E-state index in [2.05, 4.69) is 5.32 Å². The molecule has 1 unspecified atom stereocenters. The Hall–Kier alpha value is -0.261. The summed E-state index contributed by atoms with van der Waals surface area (Å²) in [6.07, 6.45) is -0.678. The normalized spacial score (nSPS) is 13.0. The molecule has 1 atom stereocenters. The molecule has 0 aliphatic rings. The third kappa shape index (κ3) is 11.3. The third-order valence-corrected chi connectivity index (χ3v) is 1.88. The van der Waals surface area contributed by atoms with Crippen LogP contribution in [0.1, 0.15) is 41.5 Å². The summed E-state index contributed by atoms with van der Waals surface area (Å²) in [5.41, 5.74) is -1.24. The first-order chi connectivity index (χ1) is 7.94. The van der Waals surface area contributed by atoms with Crippen molar-refractivity contribution in [1.29, 1.82) is 0 Å². The van der Waals surface area contributed by atoms with Gasteiger partial charge in [0.1, 0.15) is 17.2 Å². The van der Waals surface area contributed by atoms with Gasteiger partial charge in [0, 0.05) is 20.1 Å². The molecule has 0 saturated heterocycles. The Bertz CT molecular complexity index is 310. The van der Waals surface area contributed by atoms with Gasteiger partial charge in [-0.25, -0.2) is 9.59 Å². The van der Waals surface area contributed by atoms with Crippen LogP contribution in [-0.4, -0.2) is 35.1 Å². The van der Waals surface area contributed by atoms with Crippen molar-refractivity contribution in [2.24, 2.45) is 0 Å². The maximum Gasteiger partial charge on any atom is 0.408 e. The predicted molar refractivity (Wildman–Crippen MR) is 71.2 cm³/mol. The van der Waals surface area contributed by atoms with Gasteiger partial charge in [-0.2, -0.15) is 0 Å². The van der Waals surface area contributed by atoms with Crippen molar-refractivity contribution in [3.63, 3.8) is 0 Å². The van der Waals surface area contributed by atoms with Crippen LogP contribution in [0.3, 0.4) is 0 Å². The van der Waals surface area contributed by atoms with E-state index in [-0.39, 0.29) is 25.9 Å². The molecule has 0 heterocycles. The zero-order valence-electron chi connectivity index (χ0n) is 12.2. The van der Waals surface area contributed by atoms with E-state index in [1.54, 1.807) is 41.5 Å². The zero-order chi connectivity index (χ0) is 14.6. The number of alkyl carbamates (subject to hydrolysis) is 1. The van der Waals surface area contributed by atoms with Gasteiger partial charge in [0.05, 0.1) is 0 Å². The van der Waals surface area contributed by atoms with Gasteiger partial charge < -0.3 is 27.4 Å². The van der Waals surface area contributed by atoms with Crippen molar-refractivity contribution in [2.45, 2.75) is 58.8 Å². The summed E-state index contributed by atoms with van der Waals surface area (Å²) < 4.78 is 10.2. The van der Waals surface area contributed by atoms with Crippen LogP contribution in [0.25, 0.3) is 0 Å². The van der Waals surface area contributed by atoms with E-state index in [0.29, 0.717) is 0 Å². The first-order valence-corrected chi connectivity index (χ1v) is 6.33. The van der Waals surface area contributed by atoms with Crippen LogP contribution in [0.2, 0.25) is 0 Å². The van der Waals surface area contributed by atoms with Crippen molar-refractivity contribution in [3.05, 3.63) is 0 Å². The van der Waals surface area contributed by atoms with Crippen LogP contribution >= 0.6 is 0 Å². The van der Waals surface area contributed by atoms with Crippen LogP contribution in [-0.2, 0) is 47.0 Å². The minimum Gasteiger partial charge on any atom is -0.790 e. The van der Waals surface area contributed by atoms with Gasteiger partial charge in [0.15, 0.2) is 0 Å². The van der Waals surface area contributed by atoms with Crippen LogP contribution in [0.5, 0.6) is 0 Å². The predicted octanol–water partition coefficient (Wildman–Crippen LogP) is 1.77. The van der Waals surface area contributed by atoms with Gasteiger partial charge in [-0.05, 0) is 41.5 Å². The van der Waals surface area contributed by atoms with Gasteiger partial charge in [0.2, 0.25) is 0 Å². The van der Waals surface area contributed by atoms with Gasteiger partial charge >= 0.3 is 12.1 Å². The van der Waals surface area contributed by atoms with E-state index < -0.39 is 29.3 Å². The molecule has 0 aromatic heterocycles. The summed E-state index contributed by atoms with van der Waals surface area (Å²) in [4.78, 5) is 23.2. The van der Waals surface area contributed by atoms with Crippen molar-refractivity contribution in [1.82, 2.24) is 5.32 Å². The first kappa shape index (κ1) is 21.0. The summed E-state index contributed by atoms with van der Waals surface area (Å²) in [5.74, 6) is -0.517. The van der Waals surface area contributed by atoms with Gasteiger partial charge in [-0.3, -0.25) is 0 Å². The summed E-state index contributed by atoms with van der Waals surface area (Å²) in [6, 6.07) is -0.867. The molecular weight excluding hydrogens is 446 g/mol. The molecule has 19 heavy (non-hydrogen) atoms. The molecule has 0 bridgehead atoms. The summed E-state index contributed by atoms with van der Waals surface area (Å²) in [7, 11) is 0. The summed E-state index contributed by atoms with van der Waals surface area (Å²) in [5, 5.41) is 2.41. The fourth-order valence-corrected chi connectivity index (χ4v) is 1.21. The van der Waals surface area contributed by atoms with E-state index in [0.717, 1.165) is 0 Å². The number of hydrogen-bond donors (Lipinski definition) is 1. The monoisotopic (exact) mass is 469 g/mol. The molecule has 115 valence electrons. The van der Waals surface area contributed by atoms with Crippen molar-refractivity contribution in [2.75, 3.05) is 5.75 Å². The molecule has 7 heteroatoms. The number of ether oxygens (including phenoxy) is 2. The maximum absolute atomic E-state index is 11.7. The van der Waals surface area contributed by atoms with Crippen LogP contribution in [0, 0.1) is 0 Å². The Morgan fingerprint density at radius 3 is 1.79 bits per heavy atom. The fraction of sp³-hybridized carbons (Fsp3) is 0.833. The molecule has 0 aromatic rings. The molecule has 0 saturated carbocycles. The Morgan fingerprint density at radius 1 is 1.05 bits per heavy atom. The molecule has 1 radical (unpaired) electrons. The SMILES string of the molecule is CC(C)(C)OC(=O)NC(C[S-])C(=O)OC(C)(C)C.[Ir]. The average molecular weight is 469 g/mol. The standard InChI is InChI=1S/C12H23NO4S.Ir/c1-11(2,3)16-9(14)8(7-18)13-10(15)17-12(4,5)6;/h8,18H,7H2,1-6H3,(H,13,15);/p-1. The molecule has 0 aliphatic carbocycles. The summed E-state index contributed by atoms with van der Waals surface area (Å²) in [6.45, 7) is 10.5. The second kappa shape index (κ2) is 8.12. The Balaban J connectivity index is 0. The minimum absolute atomic E-state index is 0. The quantitative estimate of drug-likeness (QED) is 0.505. The maximum atomic E-state index is 11.7. The largest absolute Gasteiger partial charge is 0.790 e. The number of rotatable bonds is 3. The number of carbonyl (C=O) groups is 2. The number of nitrogens with one attached hydrogen (secondary N) is 1. The van der Waals surface area contributed by atoms with E-state index in [1.165, 1.54) is 0 Å². The molecule has 0 aliphatic heterocycles. The molecule has 0 spiro atoms. The minimum atomic E-state index is -0.867. The Morgan fingerprint density at radius 2 is 1.47 bits per heavy atom. The molecule has 0 rings (SSSR count). The van der Waals surface area contributed by atoms with Crippen molar-refractivity contribution < 1.29 is 39.2 Å². The molecule has 0 fully saturated rings. The smallest absolute Gasteiger partial charge is 0.408 e. The number of amides is 1. The Kier molecular flexibility index (Phi) is 9.00. The molecule has 1 N–H and O–H groups in total. The van der Waals surface area contributed by atoms with E-state index in [1.807, 2.05) is 0 Å². The molecule has 5 nitrogen and oxygen atoms in total. The van der Waals surface area contributed by atoms with Crippen LogP contribution in [0.4, 0.5) is 4.79 Å². The average Bonchev–Trinajstić information content (AvgIpc) is 2.07. The number of carbonyl (C=O) groups excluding carboxylic acids is 2. The third-order valence-electron chi connectivity index (χ3n) is 1.55. The fourth-order valence-electron chi connectivity index (χ4n) is 0.991. The van der Waals surface area contributed by atoms with E-state index >= 15 is 0 Å². The van der Waals surface area contributed by atoms with Gasteiger partial charge in [-0.1, -0.05) is 0 Å². The van der Waals surface area contributed by atoms with Crippen molar-refractivity contribution in [3.8, 4) is 0 Å². The summed E-state index contributed by atoms with van der Waals surface area (Å²) >= 11 is 4.83. The number of esters is 1. The van der Waals surface area contributed by atoms with Crippen LogP contribution in [0.15, 0.2) is 0 Å². The zero-order valence-corrected chi connectivity index (χ0v) is 15.4. The second-order valence-electron chi connectivity index (χ2n) is 5.90. The first-order valence-electron chi connectivity index (χ1n) is 5.75. The topological polar surface area (TPSA) is 64.6 Å². The molecule has 0 aromatic carbocycles.